The number of para-hydroxylation sites is 1. The summed E-state index contributed by atoms with van der Waals surface area (Å²) in [5.74, 6) is -3.15. The van der Waals surface area contributed by atoms with E-state index >= 15 is 0 Å². The van der Waals surface area contributed by atoms with Crippen molar-refractivity contribution in [2.24, 2.45) is 11.8 Å². The molecule has 6 amide bonds. The smallest absolute Gasteiger partial charge is 0.257 e. The predicted octanol–water partition coefficient (Wildman–Crippen LogP) is 2.48. The van der Waals surface area contributed by atoms with Crippen LogP contribution in [-0.2, 0) is 43.4 Å². The van der Waals surface area contributed by atoms with Crippen molar-refractivity contribution in [1.29, 1.82) is 0 Å². The van der Waals surface area contributed by atoms with E-state index in [2.05, 4.69) is 36.7 Å². The molecular weight excluding hydrogens is 755 g/mol. The fraction of sp³-hybridized carbons (Fsp3) is 0.465. The molecule has 2 aromatic heterocycles. The quantitative estimate of drug-likeness (QED) is 0.140. The number of aromatic nitrogens is 3. The molecule has 1 saturated heterocycles. The summed E-state index contributed by atoms with van der Waals surface area (Å²) in [4.78, 5) is 89.1. The molecule has 4 aromatic rings. The molecule has 6 N–H and O–H groups in total. The number of carbonyl (C=O) groups is 6. The van der Waals surface area contributed by atoms with E-state index in [0.717, 1.165) is 16.5 Å². The first kappa shape index (κ1) is 43.9. The number of amides is 6. The number of fused-ring (bicyclic) bond motifs is 1. The van der Waals surface area contributed by atoms with Crippen molar-refractivity contribution in [3.8, 4) is 5.75 Å². The molecule has 316 valence electrons. The lowest BCUT2D eigenvalue weighted by Gasteiger charge is -2.32. The van der Waals surface area contributed by atoms with Crippen molar-refractivity contribution < 1.29 is 33.5 Å². The molecule has 16 heteroatoms. The minimum absolute atomic E-state index is 0.0554. The Morgan fingerprint density at radius 3 is 2.15 bits per heavy atom. The SMILES string of the molecule is CCn1cc(C(=O)N2CC(=O)N[C@H](Cc3c[nH]c4ccccc34)C(=O)N[C@@H](CC(C)C)C(=O)N[C@@H](Cc3ccc(OC)cc3)C(=O)N[C@H](C)C(=O)N[C@@H](C(C)C)C2)cn1. The molecule has 3 heterocycles. The van der Waals surface area contributed by atoms with Gasteiger partial charge >= 0.3 is 0 Å². The van der Waals surface area contributed by atoms with Crippen molar-refractivity contribution in [2.75, 3.05) is 20.2 Å². The van der Waals surface area contributed by atoms with Gasteiger partial charge in [0.05, 0.1) is 25.4 Å². The number of methoxy groups -OCH3 is 1. The summed E-state index contributed by atoms with van der Waals surface area (Å²) < 4.78 is 6.88. The van der Waals surface area contributed by atoms with Gasteiger partial charge in [-0.05, 0) is 61.4 Å². The van der Waals surface area contributed by atoms with Crippen molar-refractivity contribution in [3.63, 3.8) is 0 Å². The van der Waals surface area contributed by atoms with Crippen LogP contribution in [0.5, 0.6) is 5.75 Å². The molecule has 0 saturated carbocycles. The second-order valence-electron chi connectivity index (χ2n) is 15.8. The Morgan fingerprint density at radius 1 is 0.831 bits per heavy atom. The van der Waals surface area contributed by atoms with E-state index in [-0.39, 0.29) is 43.2 Å². The number of nitrogens with one attached hydrogen (secondary N) is 6. The highest BCUT2D eigenvalue weighted by Crippen LogP contribution is 2.20. The van der Waals surface area contributed by atoms with Crippen LogP contribution >= 0.6 is 0 Å². The topological polar surface area (TPSA) is 209 Å². The second kappa shape index (κ2) is 20.0. The van der Waals surface area contributed by atoms with Gasteiger partial charge in [-0.15, -0.1) is 0 Å². The lowest BCUT2D eigenvalue weighted by molar-refractivity contribution is -0.135. The molecular formula is C43H57N9O7. The Kier molecular flexibility index (Phi) is 14.9. The van der Waals surface area contributed by atoms with Crippen LogP contribution in [0.15, 0.2) is 67.1 Å². The van der Waals surface area contributed by atoms with Crippen LogP contribution in [0.2, 0.25) is 0 Å². The number of aromatic amines is 1. The molecule has 1 fully saturated rings. The van der Waals surface area contributed by atoms with Gasteiger partial charge in [-0.3, -0.25) is 33.4 Å². The van der Waals surface area contributed by atoms with Gasteiger partial charge in [-0.1, -0.05) is 58.0 Å². The summed E-state index contributed by atoms with van der Waals surface area (Å²) >= 11 is 0. The van der Waals surface area contributed by atoms with Gasteiger partial charge in [0.15, 0.2) is 0 Å². The number of nitrogens with zero attached hydrogens (tertiary/aromatic N) is 3. The Balaban J connectivity index is 1.55. The van der Waals surface area contributed by atoms with Gasteiger partial charge in [-0.25, -0.2) is 0 Å². The number of aryl methyl sites for hydroxylation is 1. The van der Waals surface area contributed by atoms with Gasteiger partial charge < -0.3 is 41.2 Å². The monoisotopic (exact) mass is 811 g/mol. The van der Waals surface area contributed by atoms with Crippen LogP contribution in [-0.4, -0.2) is 106 Å². The largest absolute Gasteiger partial charge is 0.497 e. The molecule has 5 atom stereocenters. The van der Waals surface area contributed by atoms with Gasteiger partial charge in [0.25, 0.3) is 5.91 Å². The zero-order valence-electron chi connectivity index (χ0n) is 34.8. The maximum atomic E-state index is 14.4. The summed E-state index contributed by atoms with van der Waals surface area (Å²) in [5.41, 5.74) is 2.55. The molecule has 59 heavy (non-hydrogen) atoms. The van der Waals surface area contributed by atoms with Crippen molar-refractivity contribution in [1.82, 2.24) is 46.2 Å². The summed E-state index contributed by atoms with van der Waals surface area (Å²) in [6.45, 7) is 10.9. The highest BCUT2D eigenvalue weighted by atomic mass is 16.5. The molecule has 0 aliphatic carbocycles. The Bertz CT molecular complexity index is 2110. The third-order valence-corrected chi connectivity index (χ3v) is 10.5. The molecule has 2 aromatic carbocycles. The first-order valence-electron chi connectivity index (χ1n) is 20.2. The van der Waals surface area contributed by atoms with Crippen LogP contribution in [0.3, 0.4) is 0 Å². The Hall–Kier alpha value is -6.19. The van der Waals surface area contributed by atoms with Crippen LogP contribution in [0.4, 0.5) is 0 Å². The average Bonchev–Trinajstić information content (AvgIpc) is 3.86. The first-order chi connectivity index (χ1) is 28.1. The fourth-order valence-corrected chi connectivity index (χ4v) is 6.99. The molecule has 16 nitrogen and oxygen atoms in total. The summed E-state index contributed by atoms with van der Waals surface area (Å²) in [6.07, 6.45) is 5.12. The van der Waals surface area contributed by atoms with Gasteiger partial charge in [0.1, 0.15) is 29.9 Å². The molecule has 0 spiro atoms. The predicted molar refractivity (Wildman–Crippen MR) is 222 cm³/mol. The lowest BCUT2D eigenvalue weighted by Crippen LogP contribution is -2.60. The van der Waals surface area contributed by atoms with E-state index in [9.17, 15) is 28.8 Å². The summed E-state index contributed by atoms with van der Waals surface area (Å²) in [7, 11) is 1.54. The fourth-order valence-electron chi connectivity index (χ4n) is 6.99. The summed E-state index contributed by atoms with van der Waals surface area (Å²) in [5, 5.41) is 19.4. The Morgan fingerprint density at radius 2 is 1.49 bits per heavy atom. The number of hydrogen-bond donors (Lipinski definition) is 6. The maximum absolute atomic E-state index is 14.4. The van der Waals surface area contributed by atoms with Crippen LogP contribution < -0.4 is 31.3 Å². The van der Waals surface area contributed by atoms with Crippen LogP contribution in [0.1, 0.15) is 69.4 Å². The zero-order valence-corrected chi connectivity index (χ0v) is 34.8. The number of ether oxygens (including phenoxy) is 1. The standard InChI is InChI=1S/C43H57N9O7/c1-8-52-22-30(21-45-52)43(58)51-23-37(26(4)5)50-39(54)27(6)46-40(55)35(18-28-13-15-31(59-7)16-14-28)49-41(56)34(17-25(2)3)48-42(57)36(47-38(53)24-51)19-29-20-44-33-12-10-9-11-32(29)33/h9-16,20-22,25-27,34-37,44H,8,17-19,23-24H2,1-7H3,(H,46,55)(H,47,53)(H,48,57)(H,49,56)(H,50,54)/t27-,34+,35+,36-,37-/m1/s1. The molecule has 0 bridgehead atoms. The van der Waals surface area contributed by atoms with Crippen LogP contribution in [0, 0.1) is 11.8 Å². The van der Waals surface area contributed by atoms with E-state index in [1.165, 1.54) is 18.0 Å². The van der Waals surface area contributed by atoms with Crippen molar-refractivity contribution >= 4 is 46.3 Å². The molecule has 0 unspecified atom stereocenters. The lowest BCUT2D eigenvalue weighted by atomic mass is 9.99. The highest BCUT2D eigenvalue weighted by Gasteiger charge is 2.34. The minimum atomic E-state index is -1.18. The normalized spacial score (nSPS) is 21.6. The second-order valence-corrected chi connectivity index (χ2v) is 15.8. The third-order valence-electron chi connectivity index (χ3n) is 10.5. The van der Waals surface area contributed by atoms with Crippen LogP contribution in [0.25, 0.3) is 10.9 Å². The van der Waals surface area contributed by atoms with Crippen molar-refractivity contribution in [3.05, 3.63) is 83.8 Å². The number of benzene rings is 2. The van der Waals surface area contributed by atoms with E-state index in [1.54, 1.807) is 48.5 Å². The summed E-state index contributed by atoms with van der Waals surface area (Å²) in [6, 6.07) is 9.47. The molecule has 1 aliphatic rings. The minimum Gasteiger partial charge on any atom is -0.497 e. The van der Waals surface area contributed by atoms with Gasteiger partial charge in [-0.2, -0.15) is 5.10 Å². The van der Waals surface area contributed by atoms with Crippen molar-refractivity contribution in [2.45, 2.75) is 97.6 Å². The van der Waals surface area contributed by atoms with E-state index in [1.807, 2.05) is 58.9 Å². The van der Waals surface area contributed by atoms with E-state index < -0.39 is 72.2 Å². The zero-order chi connectivity index (χ0) is 42.8. The number of H-pyrrole nitrogens is 1. The average molecular weight is 812 g/mol. The first-order valence-corrected chi connectivity index (χ1v) is 20.2. The number of rotatable bonds is 10. The third kappa shape index (κ3) is 11.7. The highest BCUT2D eigenvalue weighted by molar-refractivity contribution is 5.98. The number of carbonyl (C=O) groups excluding carboxylic acids is 6. The molecule has 0 radical (unpaired) electrons. The van der Waals surface area contributed by atoms with E-state index in [4.69, 9.17) is 4.74 Å². The maximum Gasteiger partial charge on any atom is 0.257 e. The van der Waals surface area contributed by atoms with Gasteiger partial charge in [0, 0.05) is 55.3 Å². The molecule has 5 rings (SSSR count). The van der Waals surface area contributed by atoms with Gasteiger partial charge in [0.2, 0.25) is 29.5 Å². The number of hydrogen-bond acceptors (Lipinski definition) is 8. The Labute approximate surface area is 344 Å². The molecule has 1 aliphatic heterocycles. The van der Waals surface area contributed by atoms with E-state index in [0.29, 0.717) is 17.9 Å².